The fourth-order valence-corrected chi connectivity index (χ4v) is 6.20. The smallest absolute Gasteiger partial charge is 0.272 e. The van der Waals surface area contributed by atoms with E-state index in [1.807, 2.05) is 17.0 Å². The number of hydrogen-bond acceptors (Lipinski definition) is 9. The van der Waals surface area contributed by atoms with Crippen molar-refractivity contribution >= 4 is 34.8 Å². The van der Waals surface area contributed by atoms with Crippen LogP contribution in [0.3, 0.4) is 0 Å². The second-order valence-electron chi connectivity index (χ2n) is 11.7. The van der Waals surface area contributed by atoms with Crippen molar-refractivity contribution in [3.63, 3.8) is 0 Å². The van der Waals surface area contributed by atoms with Crippen molar-refractivity contribution in [2.75, 3.05) is 41.8 Å². The summed E-state index contributed by atoms with van der Waals surface area (Å²) >= 11 is 0. The predicted octanol–water partition coefficient (Wildman–Crippen LogP) is 3.89. The van der Waals surface area contributed by atoms with Crippen LogP contribution in [0, 0.1) is 0 Å². The van der Waals surface area contributed by atoms with E-state index in [0.29, 0.717) is 55.6 Å². The molecule has 0 bridgehead atoms. The minimum atomic E-state index is -0.281. The lowest BCUT2D eigenvalue weighted by Crippen LogP contribution is -2.40. The minimum absolute atomic E-state index is 0.0727. The van der Waals surface area contributed by atoms with Gasteiger partial charge in [-0.1, -0.05) is 30.3 Å². The number of benzene rings is 2. The van der Waals surface area contributed by atoms with Crippen molar-refractivity contribution in [3.05, 3.63) is 83.9 Å². The maximum atomic E-state index is 13.3. The topological polar surface area (TPSA) is 144 Å². The molecule has 0 unspecified atom stereocenters. The van der Waals surface area contributed by atoms with Gasteiger partial charge >= 0.3 is 0 Å². The molecule has 1 saturated heterocycles. The number of amides is 2. The Morgan fingerprint density at radius 3 is 2.48 bits per heavy atom. The van der Waals surface area contributed by atoms with Crippen molar-refractivity contribution in [1.82, 2.24) is 29.9 Å². The summed E-state index contributed by atoms with van der Waals surface area (Å²) in [5, 5.41) is 7.62. The Morgan fingerprint density at radius 1 is 1.00 bits per heavy atom. The highest BCUT2D eigenvalue weighted by atomic mass is 16.5. The number of nitrogens with two attached hydrogens (primary N) is 1. The van der Waals surface area contributed by atoms with Gasteiger partial charge in [0.2, 0.25) is 11.9 Å². The number of hydrogen-bond donors (Lipinski definition) is 2. The van der Waals surface area contributed by atoms with E-state index in [0.717, 1.165) is 40.7 Å². The minimum Gasteiger partial charge on any atom is -0.378 e. The monoisotopic (exact) mass is 617 g/mol. The molecule has 7 rings (SSSR count). The van der Waals surface area contributed by atoms with Gasteiger partial charge in [0.05, 0.1) is 25.1 Å². The molecule has 0 aliphatic carbocycles. The van der Waals surface area contributed by atoms with E-state index < -0.39 is 0 Å². The van der Waals surface area contributed by atoms with Crippen molar-refractivity contribution in [3.8, 4) is 22.4 Å². The number of rotatable bonds is 6. The Kier molecular flexibility index (Phi) is 7.79. The van der Waals surface area contributed by atoms with Crippen LogP contribution in [0.2, 0.25) is 0 Å². The van der Waals surface area contributed by atoms with Crippen LogP contribution >= 0.6 is 0 Å². The number of nitrogen functional groups attached to an aromatic ring is 1. The van der Waals surface area contributed by atoms with Gasteiger partial charge in [0.25, 0.3) is 5.91 Å². The second kappa shape index (κ2) is 12.2. The van der Waals surface area contributed by atoms with Gasteiger partial charge in [-0.2, -0.15) is 5.10 Å². The molecule has 2 aliphatic rings. The fourth-order valence-electron chi connectivity index (χ4n) is 6.20. The normalized spacial score (nSPS) is 16.3. The summed E-state index contributed by atoms with van der Waals surface area (Å²) in [4.78, 5) is 42.7. The quantitative estimate of drug-likeness (QED) is 0.290. The van der Waals surface area contributed by atoms with E-state index in [1.165, 1.54) is 5.56 Å². The molecular weight excluding hydrogens is 582 g/mol. The van der Waals surface area contributed by atoms with Crippen LogP contribution in [-0.4, -0.2) is 68.7 Å². The molecule has 3 N–H and O–H groups in total. The summed E-state index contributed by atoms with van der Waals surface area (Å²) in [5.74, 6) is 0.687. The zero-order chi connectivity index (χ0) is 31.8. The maximum Gasteiger partial charge on any atom is 0.272 e. The lowest BCUT2D eigenvalue weighted by Gasteiger charge is -2.34. The van der Waals surface area contributed by atoms with Crippen LogP contribution in [0.4, 0.5) is 17.5 Å². The van der Waals surface area contributed by atoms with Crippen molar-refractivity contribution in [1.29, 1.82) is 0 Å². The number of anilines is 3. The number of aromatic nitrogens is 5. The van der Waals surface area contributed by atoms with Gasteiger partial charge < -0.3 is 25.6 Å². The molecule has 0 spiro atoms. The summed E-state index contributed by atoms with van der Waals surface area (Å²) < 4.78 is 7.23. The molecular formula is C34H35N9O3. The average Bonchev–Trinajstić information content (AvgIpc) is 3.52. The third-order valence-corrected chi connectivity index (χ3v) is 8.64. The van der Waals surface area contributed by atoms with Crippen LogP contribution < -0.4 is 20.9 Å². The summed E-state index contributed by atoms with van der Waals surface area (Å²) in [6.45, 7) is 6.61. The summed E-state index contributed by atoms with van der Waals surface area (Å²) in [6.07, 6.45) is 6.90. The van der Waals surface area contributed by atoms with E-state index in [-0.39, 0.29) is 23.8 Å². The fraction of sp³-hybridized carbons (Fsp3) is 0.294. The van der Waals surface area contributed by atoms with Gasteiger partial charge in [0.15, 0.2) is 11.5 Å². The van der Waals surface area contributed by atoms with Gasteiger partial charge in [0.1, 0.15) is 5.52 Å². The Hall–Kier alpha value is -5.36. The van der Waals surface area contributed by atoms with Crippen molar-refractivity contribution < 1.29 is 14.3 Å². The van der Waals surface area contributed by atoms with Crippen LogP contribution in [0.25, 0.3) is 27.9 Å². The molecule has 2 aliphatic heterocycles. The molecule has 46 heavy (non-hydrogen) atoms. The first kappa shape index (κ1) is 29.4. The van der Waals surface area contributed by atoms with Crippen molar-refractivity contribution in [2.24, 2.45) is 0 Å². The van der Waals surface area contributed by atoms with E-state index in [4.69, 9.17) is 15.5 Å². The molecule has 0 saturated carbocycles. The second-order valence-corrected chi connectivity index (χ2v) is 11.7. The van der Waals surface area contributed by atoms with Gasteiger partial charge in [-0.3, -0.25) is 9.59 Å². The molecule has 12 heteroatoms. The maximum absolute atomic E-state index is 13.3. The van der Waals surface area contributed by atoms with E-state index in [1.54, 1.807) is 36.1 Å². The molecule has 234 valence electrons. The van der Waals surface area contributed by atoms with Crippen LogP contribution in [0.5, 0.6) is 0 Å². The third-order valence-electron chi connectivity index (χ3n) is 8.64. The lowest BCUT2D eigenvalue weighted by atomic mass is 9.93. The Balaban J connectivity index is 1.08. The molecule has 2 amide bonds. The molecule has 0 radical (unpaired) electrons. The summed E-state index contributed by atoms with van der Waals surface area (Å²) in [6, 6.07) is 16.4. The number of nitrogens with one attached hydrogen (secondary N) is 1. The number of carbonyl (C=O) groups is 2. The zero-order valence-corrected chi connectivity index (χ0v) is 25.8. The number of ether oxygens (including phenoxy) is 1. The Bertz CT molecular complexity index is 1920. The molecule has 5 aromatic rings. The Morgan fingerprint density at radius 2 is 1.74 bits per heavy atom. The molecule has 12 nitrogen and oxygen atoms in total. The van der Waals surface area contributed by atoms with Crippen LogP contribution in [-0.2, 0) is 22.5 Å². The van der Waals surface area contributed by atoms with Gasteiger partial charge in [0, 0.05) is 62.3 Å². The van der Waals surface area contributed by atoms with Crippen LogP contribution in [0.1, 0.15) is 41.9 Å². The van der Waals surface area contributed by atoms with Gasteiger partial charge in [-0.05, 0) is 54.2 Å². The SMILES string of the molecule is CC(=O)N1c2ccc(-c3ccc(CNC(=O)c4cc5c(N6CCOCC6)nc(-c6cnc(N)nc6)cn5n4)cc3)cc2CC[C@@H]1C. The number of aryl methyl sites for hydroxylation is 1. The van der Waals surface area contributed by atoms with E-state index >= 15 is 0 Å². The Labute approximate surface area is 266 Å². The highest BCUT2D eigenvalue weighted by Gasteiger charge is 2.26. The standard InChI is InChI=1S/C34H35N9O3/c1-21-3-6-26-15-25(9-10-30(26)43(21)22(2)44)24-7-4-23(5-8-24)17-36-33(45)28-16-31-32(41-11-13-46-14-12-41)39-29(20-42(31)40-28)27-18-37-34(35)38-19-27/h4-5,7-10,15-16,18-21H,3,6,11-14,17H2,1-2H3,(H,36,45)(H2,35,37,38)/t21-/m0/s1. The van der Waals surface area contributed by atoms with Gasteiger partial charge in [-0.25, -0.2) is 19.5 Å². The molecule has 5 heterocycles. The number of fused-ring (bicyclic) bond motifs is 2. The molecule has 3 aromatic heterocycles. The zero-order valence-electron chi connectivity index (χ0n) is 25.8. The number of morpholine rings is 1. The largest absolute Gasteiger partial charge is 0.378 e. The number of nitrogens with zero attached hydrogens (tertiary/aromatic N) is 7. The summed E-state index contributed by atoms with van der Waals surface area (Å²) in [5.41, 5.74) is 13.4. The first-order valence-corrected chi connectivity index (χ1v) is 15.5. The lowest BCUT2D eigenvalue weighted by molar-refractivity contribution is -0.117. The van der Waals surface area contributed by atoms with Gasteiger partial charge in [-0.15, -0.1) is 0 Å². The third kappa shape index (κ3) is 5.74. The number of carbonyl (C=O) groups excluding carboxylic acids is 2. The first-order chi connectivity index (χ1) is 22.3. The predicted molar refractivity (Wildman–Crippen MR) is 175 cm³/mol. The first-order valence-electron chi connectivity index (χ1n) is 15.5. The highest BCUT2D eigenvalue weighted by Crippen LogP contribution is 2.34. The molecule has 1 fully saturated rings. The van der Waals surface area contributed by atoms with Crippen LogP contribution in [0.15, 0.2) is 67.1 Å². The highest BCUT2D eigenvalue weighted by molar-refractivity contribution is 5.95. The molecule has 2 aromatic carbocycles. The molecule has 1 atom stereocenters. The average molecular weight is 618 g/mol. The van der Waals surface area contributed by atoms with E-state index in [9.17, 15) is 9.59 Å². The summed E-state index contributed by atoms with van der Waals surface area (Å²) in [7, 11) is 0. The van der Waals surface area contributed by atoms with Crippen molar-refractivity contribution in [2.45, 2.75) is 39.3 Å². The van der Waals surface area contributed by atoms with E-state index in [2.05, 4.69) is 62.5 Å².